The third-order valence-corrected chi connectivity index (χ3v) is 3.49. The van der Waals surface area contributed by atoms with Gasteiger partial charge < -0.3 is 5.32 Å². The molecule has 0 aliphatic heterocycles. The molecule has 5 heteroatoms. The first-order valence-electron chi connectivity index (χ1n) is 6.39. The Bertz CT molecular complexity index is 598. The van der Waals surface area contributed by atoms with Crippen LogP contribution in [0.15, 0.2) is 42.6 Å². The van der Waals surface area contributed by atoms with E-state index in [9.17, 15) is 13.2 Å². The second-order valence-electron chi connectivity index (χ2n) is 4.95. The first kappa shape index (κ1) is 13.0. The topological polar surface area (TPSA) is 24.9 Å². The number of benzene rings is 1. The molecule has 0 atom stereocenters. The maximum atomic E-state index is 12.6. The van der Waals surface area contributed by atoms with Gasteiger partial charge in [-0.2, -0.15) is 13.2 Å². The lowest BCUT2D eigenvalue weighted by Crippen LogP contribution is -2.20. The number of alkyl halides is 3. The van der Waals surface area contributed by atoms with Crippen LogP contribution >= 0.6 is 0 Å². The average Bonchev–Trinajstić information content (AvgIpc) is 2.80. The van der Waals surface area contributed by atoms with E-state index in [1.165, 1.54) is 17.3 Å². The molecule has 0 radical (unpaired) electrons. The highest BCUT2D eigenvalue weighted by Gasteiger charge is 2.31. The van der Waals surface area contributed by atoms with Crippen LogP contribution < -0.4 is 5.32 Å². The van der Waals surface area contributed by atoms with E-state index in [0.29, 0.717) is 0 Å². The molecule has 3 rings (SSSR count). The van der Waals surface area contributed by atoms with Crippen LogP contribution in [0.5, 0.6) is 0 Å². The number of fused-ring (bicyclic) bond motifs is 1. The van der Waals surface area contributed by atoms with Gasteiger partial charge in [-0.1, -0.05) is 24.3 Å². The fourth-order valence-electron chi connectivity index (χ4n) is 2.56. The Labute approximate surface area is 114 Å². The summed E-state index contributed by atoms with van der Waals surface area (Å²) in [5, 5.41) is 3.09. The van der Waals surface area contributed by atoms with Gasteiger partial charge in [0.1, 0.15) is 5.82 Å². The van der Waals surface area contributed by atoms with Crippen molar-refractivity contribution in [3.8, 4) is 0 Å². The molecule has 20 heavy (non-hydrogen) atoms. The van der Waals surface area contributed by atoms with Crippen molar-refractivity contribution < 1.29 is 13.2 Å². The molecule has 1 N–H and O–H groups in total. The van der Waals surface area contributed by atoms with E-state index in [2.05, 4.69) is 22.4 Å². The van der Waals surface area contributed by atoms with Gasteiger partial charge in [-0.25, -0.2) is 4.98 Å². The minimum atomic E-state index is -4.34. The number of nitrogens with zero attached hydrogens (tertiary/aromatic N) is 1. The zero-order chi connectivity index (χ0) is 14.2. The summed E-state index contributed by atoms with van der Waals surface area (Å²) < 4.78 is 37.9. The predicted molar refractivity (Wildman–Crippen MR) is 70.5 cm³/mol. The Morgan fingerprint density at radius 3 is 2.30 bits per heavy atom. The second-order valence-corrected chi connectivity index (χ2v) is 4.95. The Morgan fingerprint density at radius 2 is 1.70 bits per heavy atom. The first-order valence-corrected chi connectivity index (χ1v) is 6.39. The van der Waals surface area contributed by atoms with Crippen molar-refractivity contribution in [2.75, 3.05) is 5.32 Å². The average molecular weight is 278 g/mol. The van der Waals surface area contributed by atoms with Gasteiger partial charge in [-0.05, 0) is 36.1 Å². The van der Waals surface area contributed by atoms with Crippen LogP contribution in [0.2, 0.25) is 0 Å². The maximum absolute atomic E-state index is 12.6. The zero-order valence-corrected chi connectivity index (χ0v) is 10.6. The van der Waals surface area contributed by atoms with Crippen molar-refractivity contribution in [1.29, 1.82) is 0 Å². The maximum Gasteiger partial charge on any atom is 0.416 e. The SMILES string of the molecule is FC(F)(F)c1ccnc(NC2Cc3ccccc3C2)c1. The summed E-state index contributed by atoms with van der Waals surface area (Å²) in [6.45, 7) is 0. The van der Waals surface area contributed by atoms with Crippen LogP contribution in [0.4, 0.5) is 19.0 Å². The lowest BCUT2D eigenvalue weighted by atomic mass is 10.1. The Balaban J connectivity index is 1.74. The van der Waals surface area contributed by atoms with Crippen molar-refractivity contribution in [1.82, 2.24) is 4.98 Å². The van der Waals surface area contributed by atoms with E-state index < -0.39 is 11.7 Å². The monoisotopic (exact) mass is 278 g/mol. The molecule has 0 saturated heterocycles. The lowest BCUT2D eigenvalue weighted by molar-refractivity contribution is -0.137. The van der Waals surface area contributed by atoms with E-state index in [4.69, 9.17) is 0 Å². The third kappa shape index (κ3) is 2.61. The molecule has 0 bridgehead atoms. The van der Waals surface area contributed by atoms with Crippen molar-refractivity contribution in [2.24, 2.45) is 0 Å². The summed E-state index contributed by atoms with van der Waals surface area (Å²) in [6.07, 6.45) is -1.52. The number of halogens is 3. The Morgan fingerprint density at radius 1 is 1.05 bits per heavy atom. The van der Waals surface area contributed by atoms with E-state index in [1.54, 1.807) is 0 Å². The molecule has 1 aliphatic carbocycles. The number of hydrogen-bond donors (Lipinski definition) is 1. The molecule has 1 heterocycles. The van der Waals surface area contributed by atoms with Gasteiger partial charge in [0.25, 0.3) is 0 Å². The molecule has 1 aromatic carbocycles. The number of rotatable bonds is 2. The number of aromatic nitrogens is 1. The van der Waals surface area contributed by atoms with Gasteiger partial charge in [0, 0.05) is 12.2 Å². The molecule has 2 aromatic rings. The molecular formula is C15H13F3N2. The summed E-state index contributed by atoms with van der Waals surface area (Å²) in [4.78, 5) is 3.97. The van der Waals surface area contributed by atoms with E-state index >= 15 is 0 Å². The van der Waals surface area contributed by atoms with Gasteiger partial charge in [0.2, 0.25) is 0 Å². The van der Waals surface area contributed by atoms with E-state index in [-0.39, 0.29) is 11.9 Å². The minimum absolute atomic E-state index is 0.100. The van der Waals surface area contributed by atoms with Crippen LogP contribution in [0.3, 0.4) is 0 Å². The standard InChI is InChI=1S/C15H13F3N2/c16-15(17,18)12-5-6-19-14(9-12)20-13-7-10-3-1-2-4-11(10)8-13/h1-6,9,13H,7-8H2,(H,19,20). The molecule has 1 aliphatic rings. The van der Waals surface area contributed by atoms with Crippen LogP contribution in [0.25, 0.3) is 0 Å². The summed E-state index contributed by atoms with van der Waals surface area (Å²) in [7, 11) is 0. The highest BCUT2D eigenvalue weighted by atomic mass is 19.4. The second kappa shape index (κ2) is 4.81. The zero-order valence-electron chi connectivity index (χ0n) is 10.6. The van der Waals surface area contributed by atoms with Crippen molar-refractivity contribution in [3.05, 3.63) is 59.3 Å². The highest BCUT2D eigenvalue weighted by Crippen LogP contribution is 2.30. The van der Waals surface area contributed by atoms with E-state index in [1.807, 2.05) is 12.1 Å². The Kier molecular flexibility index (Phi) is 3.12. The van der Waals surface area contributed by atoms with Gasteiger partial charge >= 0.3 is 6.18 Å². The fourth-order valence-corrected chi connectivity index (χ4v) is 2.56. The summed E-state index contributed by atoms with van der Waals surface area (Å²) >= 11 is 0. The van der Waals surface area contributed by atoms with Crippen LogP contribution in [-0.4, -0.2) is 11.0 Å². The van der Waals surface area contributed by atoms with Crippen molar-refractivity contribution in [3.63, 3.8) is 0 Å². The third-order valence-electron chi connectivity index (χ3n) is 3.49. The summed E-state index contributed by atoms with van der Waals surface area (Å²) in [5.74, 6) is 0.276. The van der Waals surface area contributed by atoms with Crippen molar-refractivity contribution >= 4 is 5.82 Å². The largest absolute Gasteiger partial charge is 0.416 e. The molecule has 0 unspecified atom stereocenters. The number of nitrogens with one attached hydrogen (secondary N) is 1. The highest BCUT2D eigenvalue weighted by molar-refractivity contribution is 5.43. The molecule has 0 saturated carbocycles. The molecule has 0 spiro atoms. The minimum Gasteiger partial charge on any atom is -0.367 e. The van der Waals surface area contributed by atoms with Crippen molar-refractivity contribution in [2.45, 2.75) is 25.1 Å². The smallest absolute Gasteiger partial charge is 0.367 e. The summed E-state index contributed by atoms with van der Waals surface area (Å²) in [6, 6.07) is 10.2. The van der Waals surface area contributed by atoms with Crippen LogP contribution in [0, 0.1) is 0 Å². The molecular weight excluding hydrogens is 265 g/mol. The molecule has 2 nitrogen and oxygen atoms in total. The first-order chi connectivity index (χ1) is 9.52. The molecule has 0 amide bonds. The molecule has 104 valence electrons. The number of pyridine rings is 1. The molecule has 0 fully saturated rings. The number of hydrogen-bond acceptors (Lipinski definition) is 2. The van der Waals surface area contributed by atoms with Crippen LogP contribution in [-0.2, 0) is 19.0 Å². The fraction of sp³-hybridized carbons (Fsp3) is 0.267. The molecule has 1 aromatic heterocycles. The lowest BCUT2D eigenvalue weighted by Gasteiger charge is -2.14. The van der Waals surface area contributed by atoms with E-state index in [0.717, 1.165) is 25.0 Å². The van der Waals surface area contributed by atoms with Gasteiger partial charge in [-0.3, -0.25) is 0 Å². The Hall–Kier alpha value is -2.04. The number of anilines is 1. The normalized spacial score (nSPS) is 15.2. The quantitative estimate of drug-likeness (QED) is 0.906. The van der Waals surface area contributed by atoms with Gasteiger partial charge in [0.05, 0.1) is 5.56 Å². The predicted octanol–water partition coefficient (Wildman–Crippen LogP) is 3.68. The van der Waals surface area contributed by atoms with Gasteiger partial charge in [-0.15, -0.1) is 0 Å². The van der Waals surface area contributed by atoms with Crippen LogP contribution in [0.1, 0.15) is 16.7 Å². The summed E-state index contributed by atoms with van der Waals surface area (Å²) in [5.41, 5.74) is 1.82. The van der Waals surface area contributed by atoms with Gasteiger partial charge in [0.15, 0.2) is 0 Å².